The SMILES string of the molecule is Cc1ccc(SCc2ccc(C(=O)N3c4ccccc4C[C@H]3C)cc2)cc1. The Bertz CT molecular complexity index is 947. The summed E-state index contributed by atoms with van der Waals surface area (Å²) in [6, 6.07) is 25.1. The fraction of sp³-hybridized carbons (Fsp3) is 0.208. The van der Waals surface area contributed by atoms with Crippen molar-refractivity contribution >= 4 is 23.4 Å². The molecule has 0 N–H and O–H groups in total. The maximum absolute atomic E-state index is 13.1. The molecule has 3 aromatic rings. The van der Waals surface area contributed by atoms with Crippen molar-refractivity contribution in [1.29, 1.82) is 0 Å². The number of thioether (sulfide) groups is 1. The minimum Gasteiger partial charge on any atom is -0.305 e. The predicted octanol–water partition coefficient (Wildman–Crippen LogP) is 5.88. The largest absolute Gasteiger partial charge is 0.305 e. The van der Waals surface area contributed by atoms with Crippen molar-refractivity contribution in [3.8, 4) is 0 Å². The Kier molecular flexibility index (Phi) is 5.04. The van der Waals surface area contributed by atoms with E-state index in [1.807, 2.05) is 47.0 Å². The topological polar surface area (TPSA) is 20.3 Å². The average molecular weight is 374 g/mol. The summed E-state index contributed by atoms with van der Waals surface area (Å²) in [5.41, 5.74) is 5.56. The summed E-state index contributed by atoms with van der Waals surface area (Å²) in [7, 11) is 0. The number of carbonyl (C=O) groups excluding carboxylic acids is 1. The number of aryl methyl sites for hydroxylation is 1. The van der Waals surface area contributed by atoms with Gasteiger partial charge in [0, 0.05) is 27.9 Å². The lowest BCUT2D eigenvalue weighted by atomic mass is 10.1. The smallest absolute Gasteiger partial charge is 0.258 e. The number of para-hydroxylation sites is 1. The molecule has 27 heavy (non-hydrogen) atoms. The van der Waals surface area contributed by atoms with Gasteiger partial charge in [0.2, 0.25) is 0 Å². The summed E-state index contributed by atoms with van der Waals surface area (Å²) in [5.74, 6) is 0.991. The third-order valence-electron chi connectivity index (χ3n) is 5.05. The van der Waals surface area contributed by atoms with Gasteiger partial charge in [-0.25, -0.2) is 0 Å². The van der Waals surface area contributed by atoms with Crippen LogP contribution in [0, 0.1) is 6.92 Å². The zero-order chi connectivity index (χ0) is 18.8. The summed E-state index contributed by atoms with van der Waals surface area (Å²) in [6.07, 6.45) is 0.924. The number of carbonyl (C=O) groups is 1. The number of fused-ring (bicyclic) bond motifs is 1. The van der Waals surface area contributed by atoms with Crippen molar-refractivity contribution in [3.63, 3.8) is 0 Å². The molecule has 2 nitrogen and oxygen atoms in total. The first-order chi connectivity index (χ1) is 13.1. The average Bonchev–Trinajstić information content (AvgIpc) is 3.03. The molecule has 1 heterocycles. The first kappa shape index (κ1) is 17.9. The quantitative estimate of drug-likeness (QED) is 0.532. The van der Waals surface area contributed by atoms with Gasteiger partial charge in [-0.05, 0) is 61.7 Å². The minimum absolute atomic E-state index is 0.0881. The molecular formula is C24H23NOS. The van der Waals surface area contributed by atoms with Crippen LogP contribution in [0.5, 0.6) is 0 Å². The van der Waals surface area contributed by atoms with Crippen LogP contribution in [0.15, 0.2) is 77.7 Å². The standard InChI is InChI=1S/C24H23NOS/c1-17-7-13-22(14-8-17)27-16-19-9-11-20(12-10-19)24(26)25-18(2)15-21-5-3-4-6-23(21)25/h3-14,18H,15-16H2,1-2H3/t18-/m1/s1. The van der Waals surface area contributed by atoms with Gasteiger partial charge in [0.05, 0.1) is 0 Å². The Morgan fingerprint density at radius 3 is 2.44 bits per heavy atom. The first-order valence-electron chi connectivity index (χ1n) is 9.32. The van der Waals surface area contributed by atoms with Crippen molar-refractivity contribution in [2.24, 2.45) is 0 Å². The van der Waals surface area contributed by atoms with E-state index in [9.17, 15) is 4.79 Å². The highest BCUT2D eigenvalue weighted by Gasteiger charge is 2.31. The zero-order valence-corrected chi connectivity index (χ0v) is 16.5. The maximum Gasteiger partial charge on any atom is 0.258 e. The van der Waals surface area contributed by atoms with Crippen LogP contribution in [0.4, 0.5) is 5.69 Å². The molecule has 0 fully saturated rings. The number of amides is 1. The highest BCUT2D eigenvalue weighted by molar-refractivity contribution is 7.98. The van der Waals surface area contributed by atoms with Gasteiger partial charge >= 0.3 is 0 Å². The van der Waals surface area contributed by atoms with E-state index in [-0.39, 0.29) is 11.9 Å². The molecule has 136 valence electrons. The van der Waals surface area contributed by atoms with Crippen LogP contribution in [-0.4, -0.2) is 11.9 Å². The predicted molar refractivity (Wildman–Crippen MR) is 114 cm³/mol. The fourth-order valence-electron chi connectivity index (χ4n) is 3.56. The van der Waals surface area contributed by atoms with E-state index in [1.54, 1.807) is 0 Å². The van der Waals surface area contributed by atoms with Crippen LogP contribution in [0.3, 0.4) is 0 Å². The van der Waals surface area contributed by atoms with Gasteiger partial charge in [0.1, 0.15) is 0 Å². The Morgan fingerprint density at radius 2 is 1.70 bits per heavy atom. The Morgan fingerprint density at radius 1 is 1.00 bits per heavy atom. The van der Waals surface area contributed by atoms with E-state index >= 15 is 0 Å². The van der Waals surface area contributed by atoms with E-state index < -0.39 is 0 Å². The third kappa shape index (κ3) is 3.79. The van der Waals surface area contributed by atoms with Gasteiger partial charge < -0.3 is 4.90 Å². The molecule has 3 aromatic carbocycles. The second kappa shape index (κ2) is 7.61. The zero-order valence-electron chi connectivity index (χ0n) is 15.7. The van der Waals surface area contributed by atoms with Gasteiger partial charge in [0.25, 0.3) is 5.91 Å². The molecule has 0 bridgehead atoms. The highest BCUT2D eigenvalue weighted by Crippen LogP contribution is 2.33. The third-order valence-corrected chi connectivity index (χ3v) is 6.14. The van der Waals surface area contributed by atoms with Crippen molar-refractivity contribution in [1.82, 2.24) is 0 Å². The van der Waals surface area contributed by atoms with Crippen LogP contribution >= 0.6 is 11.8 Å². The van der Waals surface area contributed by atoms with E-state index in [0.29, 0.717) is 0 Å². The Hall–Kier alpha value is -2.52. The lowest BCUT2D eigenvalue weighted by molar-refractivity contribution is 0.0981. The Labute approximate surface area is 165 Å². The molecule has 0 aromatic heterocycles. The van der Waals surface area contributed by atoms with Gasteiger partial charge in [0.15, 0.2) is 0 Å². The Balaban J connectivity index is 1.46. The van der Waals surface area contributed by atoms with Crippen LogP contribution in [0.1, 0.15) is 34.0 Å². The molecule has 1 aliphatic rings. The lowest BCUT2D eigenvalue weighted by Gasteiger charge is -2.23. The minimum atomic E-state index is 0.0881. The number of nitrogens with zero attached hydrogens (tertiary/aromatic N) is 1. The van der Waals surface area contributed by atoms with Crippen LogP contribution in [-0.2, 0) is 12.2 Å². The molecule has 0 unspecified atom stereocenters. The number of hydrogen-bond acceptors (Lipinski definition) is 2. The molecule has 0 saturated carbocycles. The number of benzene rings is 3. The molecule has 4 rings (SSSR count). The molecule has 0 aliphatic carbocycles. The molecular weight excluding hydrogens is 350 g/mol. The van der Waals surface area contributed by atoms with Gasteiger partial charge in [-0.1, -0.05) is 48.0 Å². The fourth-order valence-corrected chi connectivity index (χ4v) is 4.41. The van der Waals surface area contributed by atoms with Crippen LogP contribution < -0.4 is 4.90 Å². The number of rotatable bonds is 4. The summed E-state index contributed by atoms with van der Waals surface area (Å²) in [6.45, 7) is 4.22. The maximum atomic E-state index is 13.1. The molecule has 0 saturated heterocycles. The van der Waals surface area contributed by atoms with Crippen molar-refractivity contribution in [3.05, 3.63) is 95.1 Å². The summed E-state index contributed by atoms with van der Waals surface area (Å²) >= 11 is 1.82. The molecule has 1 amide bonds. The number of hydrogen-bond donors (Lipinski definition) is 0. The molecule has 0 spiro atoms. The molecule has 3 heteroatoms. The second-order valence-corrected chi connectivity index (χ2v) is 8.20. The van der Waals surface area contributed by atoms with Gasteiger partial charge in [-0.2, -0.15) is 0 Å². The second-order valence-electron chi connectivity index (χ2n) is 7.16. The first-order valence-corrected chi connectivity index (χ1v) is 10.3. The molecule has 0 radical (unpaired) electrons. The van der Waals surface area contributed by atoms with Crippen molar-refractivity contribution < 1.29 is 4.79 Å². The van der Waals surface area contributed by atoms with E-state index in [1.165, 1.54) is 21.6 Å². The molecule has 1 atom stereocenters. The number of anilines is 1. The summed E-state index contributed by atoms with van der Waals surface area (Å²) in [5, 5.41) is 0. The lowest BCUT2D eigenvalue weighted by Crippen LogP contribution is -2.35. The normalized spacial score (nSPS) is 15.6. The van der Waals surface area contributed by atoms with E-state index in [4.69, 9.17) is 0 Å². The van der Waals surface area contributed by atoms with Crippen molar-refractivity contribution in [2.75, 3.05) is 4.90 Å². The highest BCUT2D eigenvalue weighted by atomic mass is 32.2. The van der Waals surface area contributed by atoms with E-state index in [2.05, 4.69) is 56.3 Å². The van der Waals surface area contributed by atoms with Crippen LogP contribution in [0.25, 0.3) is 0 Å². The monoisotopic (exact) mass is 373 g/mol. The van der Waals surface area contributed by atoms with Crippen molar-refractivity contribution in [2.45, 2.75) is 37.0 Å². The summed E-state index contributed by atoms with van der Waals surface area (Å²) < 4.78 is 0. The van der Waals surface area contributed by atoms with Crippen LogP contribution in [0.2, 0.25) is 0 Å². The van der Waals surface area contributed by atoms with E-state index in [0.717, 1.165) is 23.4 Å². The molecule has 1 aliphatic heterocycles. The van der Waals surface area contributed by atoms with Gasteiger partial charge in [-0.3, -0.25) is 4.79 Å². The van der Waals surface area contributed by atoms with Gasteiger partial charge in [-0.15, -0.1) is 11.8 Å². The summed E-state index contributed by atoms with van der Waals surface area (Å²) in [4.78, 5) is 16.3.